The summed E-state index contributed by atoms with van der Waals surface area (Å²) in [5.41, 5.74) is 0. The molecule has 0 aliphatic carbocycles. The number of rotatable bonds is 36. The number of hydrogen-bond donors (Lipinski definition) is 3. The zero-order valence-corrected chi connectivity index (χ0v) is 33.6. The molecule has 0 rings (SSSR count). The number of ether oxygens (including phenoxy) is 2. The molecular weight excluding hydrogens is 695 g/mol. The second kappa shape index (κ2) is 37.7. The second-order valence-electron chi connectivity index (χ2n) is 12.9. The first kappa shape index (κ1) is 50.4. The highest BCUT2D eigenvalue weighted by Gasteiger charge is 2.27. The van der Waals surface area contributed by atoms with Gasteiger partial charge in [0.25, 0.3) is 0 Å². The maximum atomic E-state index is 12.6. The number of aliphatic hydroxyl groups excluding tert-OH is 2. The highest BCUT2D eigenvalue weighted by molar-refractivity contribution is 7.47. The van der Waals surface area contributed by atoms with Gasteiger partial charge in [-0.2, -0.15) is 0 Å². The molecule has 0 spiro atoms. The van der Waals surface area contributed by atoms with Crippen LogP contribution in [0.3, 0.4) is 0 Å². The molecule has 0 radical (unpaired) electrons. The molecule has 304 valence electrons. The zero-order valence-electron chi connectivity index (χ0n) is 32.7. The van der Waals surface area contributed by atoms with Gasteiger partial charge in [-0.1, -0.05) is 125 Å². The summed E-state index contributed by atoms with van der Waals surface area (Å²) in [7, 11) is -4.63. The standard InChI is InChI=1S/C42H71O10P/c1-3-5-7-9-11-13-15-17-18-19-20-22-23-25-27-29-31-33-41(45)49-37-40(38-51-53(47,48)50-36-39(44)35-43)52-42(46)34-32-30-28-26-24-21-16-14-12-10-8-6-4-2/h5,7,11,13-14,16-18,20,22,25,27,39-40,43-44H,3-4,6,8-10,12,15,19,21,23-24,26,28-38H2,1-2H3,(H,47,48)/b7-5+,13-11+,16-14+,18-17+,22-20+,27-25+/t39-,40+/m0/s1. The molecule has 53 heavy (non-hydrogen) atoms. The number of phosphoric ester groups is 1. The summed E-state index contributed by atoms with van der Waals surface area (Å²) in [5, 5.41) is 18.3. The van der Waals surface area contributed by atoms with Gasteiger partial charge in [0, 0.05) is 12.8 Å². The van der Waals surface area contributed by atoms with E-state index in [0.29, 0.717) is 19.3 Å². The van der Waals surface area contributed by atoms with Crippen LogP contribution in [-0.4, -0.2) is 65.7 Å². The molecule has 0 aromatic carbocycles. The molecule has 1 unspecified atom stereocenters. The van der Waals surface area contributed by atoms with Gasteiger partial charge in [0.1, 0.15) is 12.7 Å². The van der Waals surface area contributed by atoms with Gasteiger partial charge < -0.3 is 24.6 Å². The number of esters is 2. The minimum absolute atomic E-state index is 0.158. The van der Waals surface area contributed by atoms with Crippen LogP contribution in [0.15, 0.2) is 72.9 Å². The Balaban J connectivity index is 4.47. The number of hydrogen-bond acceptors (Lipinski definition) is 9. The number of aliphatic hydroxyl groups is 2. The van der Waals surface area contributed by atoms with E-state index in [2.05, 4.69) is 79.1 Å². The Morgan fingerprint density at radius 1 is 0.585 bits per heavy atom. The van der Waals surface area contributed by atoms with Crippen LogP contribution in [0.2, 0.25) is 0 Å². The number of carbonyl (C=O) groups is 2. The van der Waals surface area contributed by atoms with Crippen LogP contribution in [-0.2, 0) is 32.7 Å². The molecule has 0 saturated heterocycles. The Morgan fingerprint density at radius 3 is 1.64 bits per heavy atom. The Bertz CT molecular complexity index is 1110. The molecule has 3 N–H and O–H groups in total. The van der Waals surface area contributed by atoms with Crippen LogP contribution in [0.1, 0.15) is 142 Å². The molecular formula is C42H71O10P. The number of phosphoric acid groups is 1. The van der Waals surface area contributed by atoms with E-state index in [1.165, 1.54) is 25.7 Å². The molecule has 0 aromatic heterocycles. The van der Waals surface area contributed by atoms with Gasteiger partial charge in [0.05, 0.1) is 19.8 Å². The lowest BCUT2D eigenvalue weighted by Crippen LogP contribution is -2.29. The van der Waals surface area contributed by atoms with Crippen molar-refractivity contribution in [2.75, 3.05) is 26.4 Å². The van der Waals surface area contributed by atoms with Crippen molar-refractivity contribution in [2.45, 2.75) is 154 Å². The maximum Gasteiger partial charge on any atom is 0.472 e. The Morgan fingerprint density at radius 2 is 1.06 bits per heavy atom. The normalized spacial score (nSPS) is 14.7. The predicted octanol–water partition coefficient (Wildman–Crippen LogP) is 10.1. The first-order chi connectivity index (χ1) is 25.7. The highest BCUT2D eigenvalue weighted by atomic mass is 31.2. The van der Waals surface area contributed by atoms with Gasteiger partial charge in [0.2, 0.25) is 0 Å². The van der Waals surface area contributed by atoms with Crippen LogP contribution in [0.25, 0.3) is 0 Å². The Hall–Kier alpha value is -2.59. The second-order valence-corrected chi connectivity index (χ2v) is 14.4. The third-order valence-electron chi connectivity index (χ3n) is 7.84. The number of carbonyl (C=O) groups excluding carboxylic acids is 2. The lowest BCUT2D eigenvalue weighted by molar-refractivity contribution is -0.161. The molecule has 10 nitrogen and oxygen atoms in total. The predicted molar refractivity (Wildman–Crippen MR) is 214 cm³/mol. The molecule has 0 amide bonds. The fourth-order valence-electron chi connectivity index (χ4n) is 4.79. The first-order valence-electron chi connectivity index (χ1n) is 19.9. The fraction of sp³-hybridized carbons (Fsp3) is 0.667. The summed E-state index contributed by atoms with van der Waals surface area (Å²) < 4.78 is 32.5. The largest absolute Gasteiger partial charge is 0.472 e. The van der Waals surface area contributed by atoms with Gasteiger partial charge in [-0.25, -0.2) is 4.57 Å². The molecule has 11 heteroatoms. The van der Waals surface area contributed by atoms with Crippen molar-refractivity contribution in [1.29, 1.82) is 0 Å². The van der Waals surface area contributed by atoms with Crippen molar-refractivity contribution in [3.05, 3.63) is 72.9 Å². The molecule has 0 aliphatic rings. The topological polar surface area (TPSA) is 149 Å². The van der Waals surface area contributed by atoms with E-state index >= 15 is 0 Å². The van der Waals surface area contributed by atoms with E-state index in [9.17, 15) is 24.2 Å². The molecule has 0 aliphatic heterocycles. The van der Waals surface area contributed by atoms with E-state index in [0.717, 1.165) is 70.6 Å². The average Bonchev–Trinajstić information content (AvgIpc) is 3.14. The van der Waals surface area contributed by atoms with E-state index in [-0.39, 0.29) is 19.4 Å². The molecule has 0 saturated carbocycles. The third kappa shape index (κ3) is 37.5. The van der Waals surface area contributed by atoms with Crippen molar-refractivity contribution in [2.24, 2.45) is 0 Å². The number of unbranched alkanes of at least 4 members (excludes halogenated alkanes) is 10. The maximum absolute atomic E-state index is 12.6. The Labute approximate surface area is 320 Å². The van der Waals surface area contributed by atoms with Gasteiger partial charge >= 0.3 is 19.8 Å². The zero-order chi connectivity index (χ0) is 39.1. The molecule has 0 bridgehead atoms. The van der Waals surface area contributed by atoms with E-state index in [1.807, 2.05) is 12.2 Å². The lowest BCUT2D eigenvalue weighted by Gasteiger charge is -2.20. The Kier molecular flexibility index (Phi) is 35.9. The minimum atomic E-state index is -4.63. The van der Waals surface area contributed by atoms with E-state index in [4.69, 9.17) is 19.1 Å². The summed E-state index contributed by atoms with van der Waals surface area (Å²) in [5.74, 6) is -1.01. The van der Waals surface area contributed by atoms with Crippen LogP contribution in [0.5, 0.6) is 0 Å². The average molecular weight is 767 g/mol. The smallest absolute Gasteiger partial charge is 0.462 e. The van der Waals surface area contributed by atoms with Gasteiger partial charge in [-0.05, 0) is 77.0 Å². The van der Waals surface area contributed by atoms with Gasteiger partial charge in [0.15, 0.2) is 6.10 Å². The number of allylic oxidation sites excluding steroid dienone is 12. The van der Waals surface area contributed by atoms with Crippen molar-refractivity contribution in [3.8, 4) is 0 Å². The SMILES string of the molecule is CC/C=C/C/C=C/C/C=C/C/C=C/C/C=C/CCCC(=O)OC[C@H](COP(=O)(O)OC[C@@H](O)CO)OC(=O)CCCCCCC/C=C/CCCCCC. The first-order valence-corrected chi connectivity index (χ1v) is 21.4. The quantitative estimate of drug-likeness (QED) is 0.0243. The van der Waals surface area contributed by atoms with Crippen LogP contribution in [0.4, 0.5) is 0 Å². The summed E-state index contributed by atoms with van der Waals surface area (Å²) in [6.07, 6.45) is 41.6. The molecule has 0 fully saturated rings. The summed E-state index contributed by atoms with van der Waals surface area (Å²) in [6.45, 7) is 2.15. The van der Waals surface area contributed by atoms with Gasteiger partial charge in [-0.15, -0.1) is 0 Å². The van der Waals surface area contributed by atoms with Crippen molar-refractivity contribution >= 4 is 19.8 Å². The summed E-state index contributed by atoms with van der Waals surface area (Å²) in [6, 6.07) is 0. The van der Waals surface area contributed by atoms with Crippen molar-refractivity contribution < 1.29 is 47.8 Å². The minimum Gasteiger partial charge on any atom is -0.462 e. The van der Waals surface area contributed by atoms with E-state index < -0.39 is 51.8 Å². The monoisotopic (exact) mass is 766 g/mol. The van der Waals surface area contributed by atoms with Crippen LogP contribution >= 0.6 is 7.82 Å². The fourth-order valence-corrected chi connectivity index (χ4v) is 5.58. The van der Waals surface area contributed by atoms with Gasteiger partial charge in [-0.3, -0.25) is 18.6 Å². The molecule has 0 heterocycles. The molecule has 0 aromatic rings. The third-order valence-corrected chi connectivity index (χ3v) is 8.80. The lowest BCUT2D eigenvalue weighted by atomic mass is 10.1. The highest BCUT2D eigenvalue weighted by Crippen LogP contribution is 2.43. The van der Waals surface area contributed by atoms with Crippen LogP contribution in [0, 0.1) is 0 Å². The van der Waals surface area contributed by atoms with Crippen molar-refractivity contribution in [1.82, 2.24) is 0 Å². The van der Waals surface area contributed by atoms with Crippen LogP contribution < -0.4 is 0 Å². The molecule has 3 atom stereocenters. The van der Waals surface area contributed by atoms with E-state index in [1.54, 1.807) is 0 Å². The summed E-state index contributed by atoms with van der Waals surface area (Å²) >= 11 is 0. The summed E-state index contributed by atoms with van der Waals surface area (Å²) in [4.78, 5) is 34.8. The van der Waals surface area contributed by atoms with Crippen molar-refractivity contribution in [3.63, 3.8) is 0 Å².